The molecule has 120 valence electrons. The molecule has 0 atom stereocenters. The molecule has 2 rings (SSSR count). The van der Waals surface area contributed by atoms with Gasteiger partial charge < -0.3 is 5.32 Å². The standard InChI is InChI=1S/C17H14N4O2S/c1-13-4-2-3-5-17(13)21-24(22,23)16-8-6-15(7-9-16)20-12-14(10-18)11-19/h2-9,12,20-21H,1H3. The molecule has 7 heteroatoms. The summed E-state index contributed by atoms with van der Waals surface area (Å²) in [6.07, 6.45) is 1.26. The van der Waals surface area contributed by atoms with Crippen molar-refractivity contribution >= 4 is 21.4 Å². The number of sulfonamides is 1. The van der Waals surface area contributed by atoms with Gasteiger partial charge in [0.25, 0.3) is 10.0 Å². The molecular formula is C17H14N4O2S. The minimum Gasteiger partial charge on any atom is -0.360 e. The van der Waals surface area contributed by atoms with E-state index in [-0.39, 0.29) is 10.5 Å². The van der Waals surface area contributed by atoms with Crippen molar-refractivity contribution in [2.45, 2.75) is 11.8 Å². The molecule has 2 aromatic rings. The molecule has 24 heavy (non-hydrogen) atoms. The van der Waals surface area contributed by atoms with Gasteiger partial charge in [-0.3, -0.25) is 4.72 Å². The van der Waals surface area contributed by atoms with Crippen molar-refractivity contribution in [3.63, 3.8) is 0 Å². The second-order valence-corrected chi connectivity index (χ2v) is 6.55. The van der Waals surface area contributed by atoms with E-state index in [1.54, 1.807) is 36.4 Å². The molecule has 0 aliphatic rings. The monoisotopic (exact) mass is 338 g/mol. The molecule has 0 spiro atoms. The largest absolute Gasteiger partial charge is 0.360 e. The number of allylic oxidation sites excluding steroid dienone is 1. The molecule has 0 amide bonds. The molecular weight excluding hydrogens is 324 g/mol. The Morgan fingerprint density at radius 3 is 2.25 bits per heavy atom. The number of benzene rings is 2. The molecule has 0 aromatic heterocycles. The highest BCUT2D eigenvalue weighted by Crippen LogP contribution is 2.20. The highest BCUT2D eigenvalue weighted by atomic mass is 32.2. The Morgan fingerprint density at radius 1 is 1.04 bits per heavy atom. The number of rotatable bonds is 5. The molecule has 0 aliphatic heterocycles. The van der Waals surface area contributed by atoms with E-state index in [0.717, 1.165) is 5.56 Å². The molecule has 0 bridgehead atoms. The van der Waals surface area contributed by atoms with Crippen LogP contribution in [-0.4, -0.2) is 8.42 Å². The fourth-order valence-corrected chi connectivity index (χ4v) is 3.00. The van der Waals surface area contributed by atoms with Crippen LogP contribution in [0.3, 0.4) is 0 Å². The van der Waals surface area contributed by atoms with Gasteiger partial charge in [0.05, 0.1) is 10.6 Å². The van der Waals surface area contributed by atoms with Gasteiger partial charge in [-0.1, -0.05) is 18.2 Å². The van der Waals surface area contributed by atoms with E-state index in [1.807, 2.05) is 19.1 Å². The van der Waals surface area contributed by atoms with Gasteiger partial charge in [-0.15, -0.1) is 0 Å². The first-order valence-electron chi connectivity index (χ1n) is 6.91. The number of hydrogen-bond donors (Lipinski definition) is 2. The zero-order valence-corrected chi connectivity index (χ0v) is 13.6. The third-order valence-electron chi connectivity index (χ3n) is 3.18. The number of aryl methyl sites for hydroxylation is 1. The van der Waals surface area contributed by atoms with Crippen LogP contribution in [0, 0.1) is 29.6 Å². The minimum atomic E-state index is -3.69. The van der Waals surface area contributed by atoms with Crippen molar-refractivity contribution in [1.29, 1.82) is 10.5 Å². The molecule has 0 aliphatic carbocycles. The second-order valence-electron chi connectivity index (χ2n) is 4.87. The topological polar surface area (TPSA) is 106 Å². The maximum Gasteiger partial charge on any atom is 0.261 e. The lowest BCUT2D eigenvalue weighted by Crippen LogP contribution is -2.13. The van der Waals surface area contributed by atoms with Crippen molar-refractivity contribution in [3.8, 4) is 12.1 Å². The Labute approximate surface area is 140 Å². The normalized spacial score (nSPS) is 10.1. The lowest BCUT2D eigenvalue weighted by Gasteiger charge is -2.10. The number of hydrogen-bond acceptors (Lipinski definition) is 5. The summed E-state index contributed by atoms with van der Waals surface area (Å²) in [5.41, 5.74) is 1.83. The van der Waals surface area contributed by atoms with Gasteiger partial charge in [-0.25, -0.2) is 8.42 Å². The van der Waals surface area contributed by atoms with Gasteiger partial charge in [-0.05, 0) is 42.8 Å². The lowest BCUT2D eigenvalue weighted by molar-refractivity contribution is 0.601. The number of nitrogens with one attached hydrogen (secondary N) is 2. The van der Waals surface area contributed by atoms with Gasteiger partial charge in [0.1, 0.15) is 17.7 Å². The number of anilines is 2. The van der Waals surface area contributed by atoms with Crippen molar-refractivity contribution < 1.29 is 8.42 Å². The maximum atomic E-state index is 12.4. The van der Waals surface area contributed by atoms with E-state index in [2.05, 4.69) is 10.0 Å². The van der Waals surface area contributed by atoms with Crippen LogP contribution in [0.2, 0.25) is 0 Å². The number of nitriles is 2. The first-order valence-corrected chi connectivity index (χ1v) is 8.40. The summed E-state index contributed by atoms with van der Waals surface area (Å²) in [5, 5.41) is 20.1. The highest BCUT2D eigenvalue weighted by molar-refractivity contribution is 7.92. The zero-order chi connectivity index (χ0) is 17.6. The first-order chi connectivity index (χ1) is 11.5. The molecule has 2 N–H and O–H groups in total. The van der Waals surface area contributed by atoms with Crippen LogP contribution in [-0.2, 0) is 10.0 Å². The van der Waals surface area contributed by atoms with Crippen LogP contribution >= 0.6 is 0 Å². The molecule has 2 aromatic carbocycles. The summed E-state index contributed by atoms with van der Waals surface area (Å²) in [6.45, 7) is 1.82. The van der Waals surface area contributed by atoms with E-state index >= 15 is 0 Å². The SMILES string of the molecule is Cc1ccccc1NS(=O)(=O)c1ccc(NC=C(C#N)C#N)cc1. The Morgan fingerprint density at radius 2 is 1.67 bits per heavy atom. The van der Waals surface area contributed by atoms with Crippen LogP contribution < -0.4 is 10.0 Å². The Kier molecular flexibility index (Phi) is 5.20. The van der Waals surface area contributed by atoms with E-state index < -0.39 is 10.0 Å². The average Bonchev–Trinajstić information content (AvgIpc) is 2.58. The van der Waals surface area contributed by atoms with Crippen molar-refractivity contribution in [3.05, 3.63) is 65.9 Å². The van der Waals surface area contributed by atoms with Crippen LogP contribution in [0.4, 0.5) is 11.4 Å². The Bertz CT molecular complexity index is 933. The lowest BCUT2D eigenvalue weighted by atomic mass is 10.2. The predicted molar refractivity (Wildman–Crippen MR) is 91.4 cm³/mol. The molecule has 0 unspecified atom stereocenters. The average molecular weight is 338 g/mol. The molecule has 0 saturated carbocycles. The molecule has 0 heterocycles. The van der Waals surface area contributed by atoms with Crippen LogP contribution in [0.25, 0.3) is 0 Å². The Hall–Kier alpha value is -3.29. The smallest absolute Gasteiger partial charge is 0.261 e. The van der Waals surface area contributed by atoms with Crippen molar-refractivity contribution in [2.24, 2.45) is 0 Å². The van der Waals surface area contributed by atoms with Crippen LogP contribution in [0.1, 0.15) is 5.56 Å². The molecule has 0 saturated heterocycles. The predicted octanol–water partition coefficient (Wildman–Crippen LogP) is 3.14. The third-order valence-corrected chi connectivity index (χ3v) is 4.56. The second kappa shape index (κ2) is 7.32. The summed E-state index contributed by atoms with van der Waals surface area (Å²) in [5.74, 6) is 0. The van der Waals surface area contributed by atoms with Crippen molar-refractivity contribution in [1.82, 2.24) is 0 Å². The Balaban J connectivity index is 2.18. The number of para-hydroxylation sites is 1. The van der Waals surface area contributed by atoms with Gasteiger partial charge in [0.15, 0.2) is 0 Å². The van der Waals surface area contributed by atoms with Gasteiger partial charge in [-0.2, -0.15) is 10.5 Å². The zero-order valence-electron chi connectivity index (χ0n) is 12.8. The van der Waals surface area contributed by atoms with Crippen LogP contribution in [0.5, 0.6) is 0 Å². The summed E-state index contributed by atoms with van der Waals surface area (Å²) in [6, 6.07) is 16.5. The van der Waals surface area contributed by atoms with Gasteiger partial charge in [0.2, 0.25) is 0 Å². The quantitative estimate of drug-likeness (QED) is 0.815. The summed E-state index contributed by atoms with van der Waals surface area (Å²) >= 11 is 0. The van der Waals surface area contributed by atoms with E-state index in [0.29, 0.717) is 11.4 Å². The molecule has 0 radical (unpaired) electrons. The highest BCUT2D eigenvalue weighted by Gasteiger charge is 2.14. The third kappa shape index (κ3) is 4.13. The molecule has 6 nitrogen and oxygen atoms in total. The van der Waals surface area contributed by atoms with E-state index in [9.17, 15) is 8.42 Å². The van der Waals surface area contributed by atoms with Crippen molar-refractivity contribution in [2.75, 3.05) is 10.0 Å². The first kappa shape index (κ1) is 17.1. The summed E-state index contributed by atoms with van der Waals surface area (Å²) < 4.78 is 27.3. The van der Waals surface area contributed by atoms with E-state index in [4.69, 9.17) is 10.5 Å². The summed E-state index contributed by atoms with van der Waals surface area (Å²) in [4.78, 5) is 0.112. The maximum absolute atomic E-state index is 12.4. The summed E-state index contributed by atoms with van der Waals surface area (Å²) in [7, 11) is -3.69. The van der Waals surface area contributed by atoms with Gasteiger partial charge >= 0.3 is 0 Å². The van der Waals surface area contributed by atoms with Crippen LogP contribution in [0.15, 0.2) is 65.2 Å². The molecule has 0 fully saturated rings. The van der Waals surface area contributed by atoms with E-state index in [1.165, 1.54) is 18.3 Å². The minimum absolute atomic E-state index is 0.0760. The fraction of sp³-hybridized carbons (Fsp3) is 0.0588. The van der Waals surface area contributed by atoms with Gasteiger partial charge in [0, 0.05) is 11.9 Å². The number of nitrogens with zero attached hydrogens (tertiary/aromatic N) is 2. The fourth-order valence-electron chi connectivity index (χ4n) is 1.87.